The summed E-state index contributed by atoms with van der Waals surface area (Å²) < 4.78 is 29.0. The van der Waals surface area contributed by atoms with Crippen LogP contribution in [-0.2, 0) is 19.4 Å². The van der Waals surface area contributed by atoms with E-state index in [9.17, 15) is 13.2 Å². The van der Waals surface area contributed by atoms with Crippen LogP contribution in [0.4, 0.5) is 0 Å². The molecule has 0 saturated carbocycles. The number of carbonyl (C=O) groups excluding carboxylic acids is 1. The van der Waals surface area contributed by atoms with Gasteiger partial charge in [0.2, 0.25) is 9.84 Å². The number of sulfone groups is 1. The third-order valence-electron chi connectivity index (χ3n) is 4.08. The fourth-order valence-electron chi connectivity index (χ4n) is 2.62. The van der Waals surface area contributed by atoms with Crippen LogP contribution in [0.15, 0.2) is 53.6 Å². The zero-order valence-corrected chi connectivity index (χ0v) is 16.3. The topological polar surface area (TPSA) is 89.1 Å². The molecule has 0 saturated heterocycles. The quantitative estimate of drug-likeness (QED) is 0.649. The molecule has 2 aromatic carbocycles. The van der Waals surface area contributed by atoms with Crippen LogP contribution in [0, 0.1) is 6.92 Å². The van der Waals surface area contributed by atoms with Crippen LogP contribution in [0.5, 0.6) is 0 Å². The molecule has 3 rings (SSSR count). The molecule has 0 unspecified atom stereocenters. The van der Waals surface area contributed by atoms with Gasteiger partial charge in [0.15, 0.2) is 5.94 Å². The number of nitrogens with zero attached hydrogens (tertiary/aromatic N) is 1. The van der Waals surface area contributed by atoms with E-state index in [1.54, 1.807) is 18.3 Å². The highest BCUT2D eigenvalue weighted by Crippen LogP contribution is 2.34. The number of aromatic amines is 1. The molecule has 0 bridgehead atoms. The number of halogens is 1. The van der Waals surface area contributed by atoms with Crippen molar-refractivity contribution >= 4 is 27.4 Å². The third-order valence-corrected chi connectivity index (χ3v) is 5.89. The molecule has 0 aliphatic heterocycles. The molecule has 0 aliphatic carbocycles. The first-order chi connectivity index (χ1) is 12.8. The van der Waals surface area contributed by atoms with Crippen LogP contribution < -0.4 is 0 Å². The van der Waals surface area contributed by atoms with Gasteiger partial charge in [-0.15, -0.1) is 0 Å². The first kappa shape index (κ1) is 19.1. The summed E-state index contributed by atoms with van der Waals surface area (Å²) in [7, 11) is -3.70. The van der Waals surface area contributed by atoms with Crippen LogP contribution >= 0.6 is 11.6 Å². The fraction of sp³-hybridized carbons (Fsp3) is 0.158. The second-order valence-electron chi connectivity index (χ2n) is 5.98. The van der Waals surface area contributed by atoms with Gasteiger partial charge in [-0.05, 0) is 53.9 Å². The number of hydrogen-bond donors (Lipinski definition) is 1. The van der Waals surface area contributed by atoms with E-state index in [1.807, 2.05) is 25.1 Å². The molecule has 0 spiro atoms. The Morgan fingerprint density at radius 3 is 2.44 bits per heavy atom. The van der Waals surface area contributed by atoms with Crippen molar-refractivity contribution in [1.82, 2.24) is 10.2 Å². The van der Waals surface area contributed by atoms with Gasteiger partial charge in [0.1, 0.15) is 0 Å². The SMILES string of the molecule is CC(=O)OCS(=O)(=O)c1ccc(-c2cc(-c3cc[nH]n3)cc(Cl)c2C)cc1. The van der Waals surface area contributed by atoms with E-state index in [4.69, 9.17) is 11.6 Å². The average molecular weight is 405 g/mol. The van der Waals surface area contributed by atoms with E-state index < -0.39 is 21.7 Å². The predicted octanol–water partition coefficient (Wildman–Crippen LogP) is 4.00. The number of nitrogens with one attached hydrogen (secondary N) is 1. The van der Waals surface area contributed by atoms with E-state index in [2.05, 4.69) is 14.9 Å². The molecule has 0 aliphatic rings. The summed E-state index contributed by atoms with van der Waals surface area (Å²) in [4.78, 5) is 10.9. The van der Waals surface area contributed by atoms with Crippen molar-refractivity contribution in [3.63, 3.8) is 0 Å². The van der Waals surface area contributed by atoms with Crippen molar-refractivity contribution < 1.29 is 17.9 Å². The number of ether oxygens (including phenoxy) is 1. The lowest BCUT2D eigenvalue weighted by Crippen LogP contribution is -2.12. The zero-order chi connectivity index (χ0) is 19.6. The summed E-state index contributed by atoms with van der Waals surface area (Å²) in [6.45, 7) is 3.06. The van der Waals surface area contributed by atoms with E-state index in [1.165, 1.54) is 12.1 Å². The first-order valence-corrected chi connectivity index (χ1v) is 10.1. The maximum Gasteiger partial charge on any atom is 0.303 e. The number of benzene rings is 2. The van der Waals surface area contributed by atoms with Gasteiger partial charge < -0.3 is 4.74 Å². The highest BCUT2D eigenvalue weighted by atomic mass is 35.5. The molecule has 140 valence electrons. The molecule has 6 nitrogen and oxygen atoms in total. The Kier molecular flexibility index (Phi) is 5.34. The number of hydrogen-bond acceptors (Lipinski definition) is 5. The molecule has 27 heavy (non-hydrogen) atoms. The Balaban J connectivity index is 1.97. The van der Waals surface area contributed by atoms with Gasteiger partial charge in [-0.25, -0.2) is 8.42 Å². The number of aromatic nitrogens is 2. The normalized spacial score (nSPS) is 11.4. The minimum atomic E-state index is -3.70. The van der Waals surface area contributed by atoms with E-state index in [0.29, 0.717) is 5.02 Å². The maximum atomic E-state index is 12.2. The smallest absolute Gasteiger partial charge is 0.303 e. The number of rotatable bonds is 5. The average Bonchev–Trinajstić information content (AvgIpc) is 3.17. The molecule has 0 atom stereocenters. The minimum Gasteiger partial charge on any atom is -0.449 e. The standard InChI is InChI=1S/C19H17ClN2O4S/c1-12-17(9-15(10-18(12)20)19-7-8-21-22-19)14-3-5-16(6-4-14)27(24,25)11-26-13(2)23/h3-10H,11H2,1-2H3,(H,21,22). The molecular weight excluding hydrogens is 388 g/mol. The molecule has 1 N–H and O–H groups in total. The van der Waals surface area contributed by atoms with Crippen LogP contribution in [0.25, 0.3) is 22.4 Å². The van der Waals surface area contributed by atoms with Gasteiger partial charge in [-0.1, -0.05) is 23.7 Å². The molecule has 0 amide bonds. The Morgan fingerprint density at radius 2 is 1.85 bits per heavy atom. The molecule has 8 heteroatoms. The molecule has 0 fully saturated rings. The Hall–Kier alpha value is -2.64. The highest BCUT2D eigenvalue weighted by molar-refractivity contribution is 7.91. The Labute approximate surface area is 162 Å². The molecular formula is C19H17ClN2O4S. The number of carbonyl (C=O) groups is 1. The van der Waals surface area contributed by atoms with Crippen molar-refractivity contribution in [3.8, 4) is 22.4 Å². The van der Waals surface area contributed by atoms with Crippen LogP contribution in [-0.4, -0.2) is 30.5 Å². The molecule has 0 radical (unpaired) electrons. The second-order valence-corrected chi connectivity index (χ2v) is 8.33. The van der Waals surface area contributed by atoms with Crippen molar-refractivity contribution in [2.24, 2.45) is 0 Å². The van der Waals surface area contributed by atoms with Gasteiger partial charge in [-0.3, -0.25) is 9.89 Å². The van der Waals surface area contributed by atoms with Crippen molar-refractivity contribution in [3.05, 3.63) is 59.2 Å². The Bertz CT molecular complexity index is 1080. The largest absolute Gasteiger partial charge is 0.449 e. The van der Waals surface area contributed by atoms with Crippen LogP contribution in [0.3, 0.4) is 0 Å². The lowest BCUT2D eigenvalue weighted by atomic mass is 9.97. The molecule has 3 aromatic rings. The van der Waals surface area contributed by atoms with E-state index in [0.717, 1.165) is 34.9 Å². The summed E-state index contributed by atoms with van der Waals surface area (Å²) in [6, 6.07) is 12.0. The van der Waals surface area contributed by atoms with Crippen molar-refractivity contribution in [2.45, 2.75) is 18.7 Å². The predicted molar refractivity (Wildman–Crippen MR) is 103 cm³/mol. The minimum absolute atomic E-state index is 0.0831. The van der Waals surface area contributed by atoms with Gasteiger partial charge in [0, 0.05) is 23.7 Å². The van der Waals surface area contributed by atoms with Gasteiger partial charge in [0.25, 0.3) is 0 Å². The first-order valence-electron chi connectivity index (χ1n) is 8.05. The highest BCUT2D eigenvalue weighted by Gasteiger charge is 2.17. The van der Waals surface area contributed by atoms with Gasteiger partial charge in [-0.2, -0.15) is 5.10 Å². The van der Waals surface area contributed by atoms with Crippen LogP contribution in [0.1, 0.15) is 12.5 Å². The Morgan fingerprint density at radius 1 is 1.15 bits per heavy atom. The lowest BCUT2D eigenvalue weighted by molar-refractivity contribution is -0.138. The summed E-state index contributed by atoms with van der Waals surface area (Å²) in [6.07, 6.45) is 1.73. The zero-order valence-electron chi connectivity index (χ0n) is 14.7. The summed E-state index contributed by atoms with van der Waals surface area (Å²) in [5.74, 6) is -1.32. The molecule has 1 heterocycles. The number of H-pyrrole nitrogens is 1. The van der Waals surface area contributed by atoms with E-state index in [-0.39, 0.29) is 4.90 Å². The number of esters is 1. The summed E-state index contributed by atoms with van der Waals surface area (Å²) in [5, 5.41) is 7.53. The van der Waals surface area contributed by atoms with Crippen molar-refractivity contribution in [1.29, 1.82) is 0 Å². The van der Waals surface area contributed by atoms with Gasteiger partial charge in [0.05, 0.1) is 10.6 Å². The van der Waals surface area contributed by atoms with Gasteiger partial charge >= 0.3 is 5.97 Å². The molecule has 1 aromatic heterocycles. The van der Waals surface area contributed by atoms with E-state index >= 15 is 0 Å². The van der Waals surface area contributed by atoms with Crippen molar-refractivity contribution in [2.75, 3.05) is 5.94 Å². The maximum absolute atomic E-state index is 12.2. The second kappa shape index (κ2) is 7.54. The lowest BCUT2D eigenvalue weighted by Gasteiger charge is -2.11. The van der Waals surface area contributed by atoms with Crippen LogP contribution in [0.2, 0.25) is 5.02 Å². The summed E-state index contributed by atoms with van der Waals surface area (Å²) >= 11 is 6.38. The summed E-state index contributed by atoms with van der Waals surface area (Å²) in [5.41, 5.74) is 4.20. The fourth-order valence-corrected chi connectivity index (χ4v) is 3.85. The monoisotopic (exact) mass is 404 g/mol. The third kappa shape index (κ3) is 4.20.